The van der Waals surface area contributed by atoms with E-state index in [1.165, 1.54) is 0 Å². The van der Waals surface area contributed by atoms with E-state index in [9.17, 15) is 0 Å². The summed E-state index contributed by atoms with van der Waals surface area (Å²) in [6.45, 7) is 2.12. The summed E-state index contributed by atoms with van der Waals surface area (Å²) in [6, 6.07) is 2.18. The molecule has 0 amide bonds. The quantitative estimate of drug-likeness (QED) is 0.582. The van der Waals surface area contributed by atoms with Gasteiger partial charge >= 0.3 is 0 Å². The van der Waals surface area contributed by atoms with Crippen LogP contribution in [0, 0.1) is 11.3 Å². The second-order valence-corrected chi connectivity index (χ2v) is 3.47. The summed E-state index contributed by atoms with van der Waals surface area (Å²) in [6.07, 6.45) is 0.692. The van der Waals surface area contributed by atoms with Crippen molar-refractivity contribution >= 4 is 11.8 Å². The van der Waals surface area contributed by atoms with Gasteiger partial charge in [0.1, 0.15) is 0 Å². The number of hydrogen-bond acceptors (Lipinski definition) is 3. The molecule has 1 atom stereocenters. The van der Waals surface area contributed by atoms with E-state index in [0.29, 0.717) is 11.7 Å². The maximum atomic E-state index is 8.33. The highest BCUT2D eigenvalue weighted by molar-refractivity contribution is 8.00. The smallest absolute Gasteiger partial charge is 0.0633 e. The molecule has 1 aliphatic rings. The van der Waals surface area contributed by atoms with Gasteiger partial charge < -0.3 is 5.32 Å². The predicted molar refractivity (Wildman–Crippen MR) is 39.3 cm³/mol. The van der Waals surface area contributed by atoms with E-state index in [0.717, 1.165) is 18.8 Å². The Balaban J connectivity index is 2.17. The molecule has 1 aliphatic heterocycles. The summed E-state index contributed by atoms with van der Waals surface area (Å²) in [5.74, 6) is 1.16. The van der Waals surface area contributed by atoms with Crippen LogP contribution in [0.4, 0.5) is 0 Å². The summed E-state index contributed by atoms with van der Waals surface area (Å²) < 4.78 is 0. The molecule has 0 aromatic carbocycles. The number of hydrogen-bond donors (Lipinski definition) is 1. The average molecular weight is 142 g/mol. The van der Waals surface area contributed by atoms with Crippen molar-refractivity contribution in [1.82, 2.24) is 5.32 Å². The Labute approximate surface area is 59.6 Å². The van der Waals surface area contributed by atoms with Crippen LogP contribution < -0.4 is 5.32 Å². The number of nitriles is 1. The third-order valence-electron chi connectivity index (χ3n) is 1.32. The molecular formula is C6H10N2S. The minimum absolute atomic E-state index is 0.545. The lowest BCUT2D eigenvalue weighted by Gasteiger charge is -2.19. The zero-order chi connectivity index (χ0) is 6.53. The molecule has 0 spiro atoms. The van der Waals surface area contributed by atoms with Crippen LogP contribution in [0.15, 0.2) is 0 Å². The Morgan fingerprint density at radius 1 is 1.78 bits per heavy atom. The molecule has 0 bridgehead atoms. The first kappa shape index (κ1) is 6.91. The fourth-order valence-electron chi connectivity index (χ4n) is 0.853. The number of nitrogens with zero attached hydrogens (tertiary/aromatic N) is 1. The van der Waals surface area contributed by atoms with Gasteiger partial charge in [0.15, 0.2) is 0 Å². The number of rotatable bonds is 1. The number of thioether (sulfide) groups is 1. The average Bonchev–Trinajstić information content (AvgIpc) is 1.91. The van der Waals surface area contributed by atoms with Crippen LogP contribution in [0.1, 0.15) is 6.42 Å². The molecule has 0 radical (unpaired) electrons. The molecular weight excluding hydrogens is 132 g/mol. The van der Waals surface area contributed by atoms with Crippen molar-refractivity contribution in [2.45, 2.75) is 11.7 Å². The second-order valence-electron chi connectivity index (χ2n) is 2.06. The normalized spacial score (nSPS) is 27.2. The summed E-state index contributed by atoms with van der Waals surface area (Å²) in [7, 11) is 0. The van der Waals surface area contributed by atoms with Gasteiger partial charge in [-0.2, -0.15) is 17.0 Å². The van der Waals surface area contributed by atoms with Crippen LogP contribution >= 0.6 is 11.8 Å². The third-order valence-corrected chi connectivity index (χ3v) is 2.57. The van der Waals surface area contributed by atoms with Gasteiger partial charge in [-0.1, -0.05) is 0 Å². The van der Waals surface area contributed by atoms with Gasteiger partial charge in [-0.15, -0.1) is 0 Å². The fraction of sp³-hybridized carbons (Fsp3) is 0.833. The fourth-order valence-corrected chi connectivity index (χ4v) is 1.88. The van der Waals surface area contributed by atoms with Crippen molar-refractivity contribution in [2.75, 3.05) is 18.8 Å². The summed E-state index contributed by atoms with van der Waals surface area (Å²) in [5.41, 5.74) is 0. The lowest BCUT2D eigenvalue weighted by atomic mass is 10.3. The Bertz CT molecular complexity index is 113. The van der Waals surface area contributed by atoms with E-state index >= 15 is 0 Å². The summed E-state index contributed by atoms with van der Waals surface area (Å²) in [5, 5.41) is 12.1. The van der Waals surface area contributed by atoms with Crippen LogP contribution in [0.25, 0.3) is 0 Å². The first-order valence-electron chi connectivity index (χ1n) is 3.13. The molecule has 2 nitrogen and oxygen atoms in total. The summed E-state index contributed by atoms with van der Waals surface area (Å²) >= 11 is 1.90. The molecule has 0 aromatic rings. The van der Waals surface area contributed by atoms with Gasteiger partial charge in [0.2, 0.25) is 0 Å². The monoisotopic (exact) mass is 142 g/mol. The van der Waals surface area contributed by atoms with Crippen molar-refractivity contribution in [2.24, 2.45) is 0 Å². The van der Waals surface area contributed by atoms with E-state index in [4.69, 9.17) is 5.26 Å². The summed E-state index contributed by atoms with van der Waals surface area (Å²) in [4.78, 5) is 0. The molecule has 0 saturated carbocycles. The maximum absolute atomic E-state index is 8.33. The third kappa shape index (κ3) is 2.25. The molecule has 1 heterocycles. The Kier molecular flexibility index (Phi) is 2.88. The van der Waals surface area contributed by atoms with Gasteiger partial charge in [-0.05, 0) is 0 Å². The first-order valence-corrected chi connectivity index (χ1v) is 4.17. The van der Waals surface area contributed by atoms with Crippen molar-refractivity contribution in [3.05, 3.63) is 0 Å². The Hall–Kier alpha value is -0.200. The van der Waals surface area contributed by atoms with E-state index in [-0.39, 0.29) is 0 Å². The molecule has 1 rings (SSSR count). The van der Waals surface area contributed by atoms with Crippen LogP contribution in [0.5, 0.6) is 0 Å². The van der Waals surface area contributed by atoms with Crippen molar-refractivity contribution in [3.63, 3.8) is 0 Å². The minimum Gasteiger partial charge on any atom is -0.315 e. The van der Waals surface area contributed by atoms with Crippen molar-refractivity contribution in [1.29, 1.82) is 5.26 Å². The highest BCUT2D eigenvalue weighted by Crippen LogP contribution is 2.15. The van der Waals surface area contributed by atoms with Crippen LogP contribution in [0.2, 0.25) is 0 Å². The lowest BCUT2D eigenvalue weighted by molar-refractivity contribution is 0.675. The van der Waals surface area contributed by atoms with Gasteiger partial charge in [-0.3, -0.25) is 0 Å². The van der Waals surface area contributed by atoms with E-state index in [1.807, 2.05) is 11.8 Å². The molecule has 1 N–H and O–H groups in total. The van der Waals surface area contributed by atoms with E-state index in [1.54, 1.807) is 0 Å². The van der Waals surface area contributed by atoms with Gasteiger partial charge in [0.05, 0.1) is 6.07 Å². The SMILES string of the molecule is N#CCC1CNCCS1. The molecule has 1 fully saturated rings. The van der Waals surface area contributed by atoms with Crippen molar-refractivity contribution < 1.29 is 0 Å². The zero-order valence-corrected chi connectivity index (χ0v) is 6.08. The molecule has 1 saturated heterocycles. The molecule has 9 heavy (non-hydrogen) atoms. The molecule has 0 aromatic heterocycles. The Morgan fingerprint density at radius 2 is 2.67 bits per heavy atom. The topological polar surface area (TPSA) is 35.8 Å². The van der Waals surface area contributed by atoms with Gasteiger partial charge in [0, 0.05) is 30.5 Å². The molecule has 3 heteroatoms. The Morgan fingerprint density at radius 3 is 3.22 bits per heavy atom. The van der Waals surface area contributed by atoms with E-state index in [2.05, 4.69) is 11.4 Å². The van der Waals surface area contributed by atoms with Crippen LogP contribution in [-0.4, -0.2) is 24.1 Å². The van der Waals surface area contributed by atoms with Gasteiger partial charge in [-0.25, -0.2) is 0 Å². The van der Waals surface area contributed by atoms with Crippen molar-refractivity contribution in [3.8, 4) is 6.07 Å². The molecule has 50 valence electrons. The standard InChI is InChI=1S/C6H10N2S/c7-2-1-6-5-8-3-4-9-6/h6,8H,1,3-5H2. The predicted octanol–water partition coefficient (Wildman–Crippen LogP) is 0.605. The lowest BCUT2D eigenvalue weighted by Crippen LogP contribution is -2.32. The minimum atomic E-state index is 0.545. The van der Waals surface area contributed by atoms with Crippen LogP contribution in [0.3, 0.4) is 0 Å². The second kappa shape index (κ2) is 3.76. The number of nitrogens with one attached hydrogen (secondary N) is 1. The zero-order valence-electron chi connectivity index (χ0n) is 5.26. The van der Waals surface area contributed by atoms with E-state index < -0.39 is 0 Å². The molecule has 0 aliphatic carbocycles. The maximum Gasteiger partial charge on any atom is 0.0633 e. The van der Waals surface area contributed by atoms with Gasteiger partial charge in [0.25, 0.3) is 0 Å². The highest BCUT2D eigenvalue weighted by atomic mass is 32.2. The highest BCUT2D eigenvalue weighted by Gasteiger charge is 2.11. The van der Waals surface area contributed by atoms with Crippen LogP contribution in [-0.2, 0) is 0 Å². The molecule has 1 unspecified atom stereocenters. The largest absolute Gasteiger partial charge is 0.315 e. The first-order chi connectivity index (χ1) is 4.43.